The summed E-state index contributed by atoms with van der Waals surface area (Å²) in [7, 11) is 0. The van der Waals surface area contributed by atoms with E-state index in [4.69, 9.17) is 8.83 Å². The topological polar surface area (TPSA) is 72.4 Å². The fourth-order valence-corrected chi connectivity index (χ4v) is 2.55. The van der Waals surface area contributed by atoms with E-state index in [1.54, 1.807) is 6.07 Å². The van der Waals surface area contributed by atoms with Gasteiger partial charge in [0, 0.05) is 13.0 Å². The number of nitrogens with zero attached hydrogens (tertiary/aromatic N) is 3. The SMILES string of the molecule is CC[C@H](c1nnc(-c2ccc(C)o2)o1)N1CCCC1=O. The molecule has 0 bridgehead atoms. The van der Waals surface area contributed by atoms with Gasteiger partial charge in [-0.1, -0.05) is 6.92 Å². The zero-order valence-electron chi connectivity index (χ0n) is 11.6. The predicted molar refractivity (Wildman–Crippen MR) is 70.7 cm³/mol. The van der Waals surface area contributed by atoms with Gasteiger partial charge in [0.15, 0.2) is 5.76 Å². The molecule has 1 atom stereocenters. The highest BCUT2D eigenvalue weighted by Gasteiger charge is 2.31. The van der Waals surface area contributed by atoms with Crippen molar-refractivity contribution >= 4 is 5.91 Å². The summed E-state index contributed by atoms with van der Waals surface area (Å²) < 4.78 is 11.2. The number of hydrogen-bond acceptors (Lipinski definition) is 5. The molecule has 0 saturated carbocycles. The van der Waals surface area contributed by atoms with Crippen LogP contribution in [0.3, 0.4) is 0 Å². The first kappa shape index (κ1) is 12.9. The first-order chi connectivity index (χ1) is 9.69. The first-order valence-corrected chi connectivity index (χ1v) is 6.88. The quantitative estimate of drug-likeness (QED) is 0.857. The van der Waals surface area contributed by atoms with E-state index in [1.807, 2.05) is 24.8 Å². The van der Waals surface area contributed by atoms with Crippen LogP contribution in [0.15, 0.2) is 21.0 Å². The molecule has 0 unspecified atom stereocenters. The maximum Gasteiger partial charge on any atom is 0.283 e. The highest BCUT2D eigenvalue weighted by molar-refractivity contribution is 5.78. The minimum atomic E-state index is -0.137. The van der Waals surface area contributed by atoms with Crippen LogP contribution in [0.5, 0.6) is 0 Å². The monoisotopic (exact) mass is 275 g/mol. The lowest BCUT2D eigenvalue weighted by molar-refractivity contribution is -0.130. The molecule has 3 heterocycles. The largest absolute Gasteiger partial charge is 0.456 e. The summed E-state index contributed by atoms with van der Waals surface area (Å²) in [6.45, 7) is 4.63. The van der Waals surface area contributed by atoms with Crippen molar-refractivity contribution in [2.75, 3.05) is 6.54 Å². The van der Waals surface area contributed by atoms with Crippen molar-refractivity contribution in [3.8, 4) is 11.7 Å². The third-order valence-corrected chi connectivity index (χ3v) is 3.55. The molecule has 106 valence electrons. The number of carbonyl (C=O) groups is 1. The molecule has 0 radical (unpaired) electrons. The van der Waals surface area contributed by atoms with Gasteiger partial charge in [0.05, 0.1) is 0 Å². The number of aromatic nitrogens is 2. The molecule has 6 nitrogen and oxygen atoms in total. The predicted octanol–water partition coefficient (Wildman–Crippen LogP) is 2.71. The molecule has 0 aliphatic carbocycles. The first-order valence-electron chi connectivity index (χ1n) is 6.88. The van der Waals surface area contributed by atoms with Crippen LogP contribution in [0.4, 0.5) is 0 Å². The molecular formula is C14H17N3O3. The Bertz CT molecular complexity index is 617. The minimum absolute atomic E-state index is 0.137. The third-order valence-electron chi connectivity index (χ3n) is 3.55. The van der Waals surface area contributed by atoms with Crippen LogP contribution in [-0.4, -0.2) is 27.5 Å². The van der Waals surface area contributed by atoms with Crippen molar-refractivity contribution in [3.63, 3.8) is 0 Å². The molecule has 6 heteroatoms. The van der Waals surface area contributed by atoms with Crippen LogP contribution in [0.25, 0.3) is 11.7 Å². The van der Waals surface area contributed by atoms with E-state index in [0.717, 1.165) is 25.1 Å². The molecule has 2 aromatic heterocycles. The van der Waals surface area contributed by atoms with Crippen molar-refractivity contribution in [1.29, 1.82) is 0 Å². The van der Waals surface area contributed by atoms with Crippen molar-refractivity contribution in [1.82, 2.24) is 15.1 Å². The molecule has 3 rings (SSSR count). The zero-order chi connectivity index (χ0) is 14.1. The number of furan rings is 1. The maximum absolute atomic E-state index is 11.8. The molecule has 0 spiro atoms. The van der Waals surface area contributed by atoms with Crippen LogP contribution in [0, 0.1) is 6.92 Å². The van der Waals surface area contributed by atoms with Gasteiger partial charge in [-0.05, 0) is 31.9 Å². The second-order valence-corrected chi connectivity index (χ2v) is 4.97. The van der Waals surface area contributed by atoms with Crippen LogP contribution < -0.4 is 0 Å². The minimum Gasteiger partial charge on any atom is -0.456 e. The molecule has 1 saturated heterocycles. The van der Waals surface area contributed by atoms with Gasteiger partial charge in [0.2, 0.25) is 11.8 Å². The van der Waals surface area contributed by atoms with Gasteiger partial charge in [-0.3, -0.25) is 4.79 Å². The van der Waals surface area contributed by atoms with Crippen LogP contribution in [-0.2, 0) is 4.79 Å². The van der Waals surface area contributed by atoms with Crippen LogP contribution in [0.2, 0.25) is 0 Å². The summed E-state index contributed by atoms with van der Waals surface area (Å²) in [5, 5.41) is 8.10. The fraction of sp³-hybridized carbons (Fsp3) is 0.500. The summed E-state index contributed by atoms with van der Waals surface area (Å²) in [5.74, 6) is 2.35. The smallest absolute Gasteiger partial charge is 0.283 e. The lowest BCUT2D eigenvalue weighted by Crippen LogP contribution is -2.29. The number of hydrogen-bond donors (Lipinski definition) is 0. The number of carbonyl (C=O) groups excluding carboxylic acids is 1. The molecule has 1 fully saturated rings. The van der Waals surface area contributed by atoms with E-state index < -0.39 is 0 Å². The van der Waals surface area contributed by atoms with Gasteiger partial charge in [-0.2, -0.15) is 0 Å². The van der Waals surface area contributed by atoms with E-state index in [2.05, 4.69) is 10.2 Å². The summed E-state index contributed by atoms with van der Waals surface area (Å²) >= 11 is 0. The Morgan fingerprint density at radius 1 is 1.35 bits per heavy atom. The number of amides is 1. The third kappa shape index (κ3) is 2.21. The van der Waals surface area contributed by atoms with Gasteiger partial charge in [-0.15, -0.1) is 10.2 Å². The Kier molecular flexibility index (Phi) is 3.30. The fourth-order valence-electron chi connectivity index (χ4n) is 2.55. The standard InChI is InChI=1S/C14H17N3O3/c1-3-10(17-8-4-5-12(17)18)13-15-16-14(20-13)11-7-6-9(2)19-11/h6-7,10H,3-5,8H2,1-2H3/t10-/m1/s1. The molecule has 0 N–H and O–H groups in total. The summed E-state index contributed by atoms with van der Waals surface area (Å²) in [4.78, 5) is 13.7. The van der Waals surface area contributed by atoms with Gasteiger partial charge in [0.1, 0.15) is 11.8 Å². The second kappa shape index (κ2) is 5.11. The second-order valence-electron chi connectivity index (χ2n) is 4.97. The Hall–Kier alpha value is -2.11. The van der Waals surface area contributed by atoms with E-state index in [0.29, 0.717) is 24.0 Å². The molecule has 20 heavy (non-hydrogen) atoms. The molecule has 1 amide bonds. The molecule has 0 aromatic carbocycles. The maximum atomic E-state index is 11.8. The van der Waals surface area contributed by atoms with Gasteiger partial charge >= 0.3 is 0 Å². The summed E-state index contributed by atoms with van der Waals surface area (Å²) in [6, 6.07) is 3.51. The van der Waals surface area contributed by atoms with E-state index in [1.165, 1.54) is 0 Å². The Morgan fingerprint density at radius 3 is 2.80 bits per heavy atom. The number of likely N-dealkylation sites (tertiary alicyclic amines) is 1. The van der Waals surface area contributed by atoms with Gasteiger partial charge in [0.25, 0.3) is 5.89 Å². The van der Waals surface area contributed by atoms with E-state index in [-0.39, 0.29) is 11.9 Å². The zero-order valence-corrected chi connectivity index (χ0v) is 11.6. The molecule has 1 aliphatic heterocycles. The normalized spacial score (nSPS) is 16.9. The highest BCUT2D eigenvalue weighted by atomic mass is 16.4. The van der Waals surface area contributed by atoms with Crippen molar-refractivity contribution in [2.45, 2.75) is 39.2 Å². The van der Waals surface area contributed by atoms with E-state index >= 15 is 0 Å². The van der Waals surface area contributed by atoms with Gasteiger partial charge < -0.3 is 13.7 Å². The number of rotatable bonds is 4. The lowest BCUT2D eigenvalue weighted by Gasteiger charge is -2.23. The van der Waals surface area contributed by atoms with Crippen molar-refractivity contribution in [3.05, 3.63) is 23.8 Å². The van der Waals surface area contributed by atoms with Crippen LogP contribution in [0.1, 0.15) is 43.9 Å². The highest BCUT2D eigenvalue weighted by Crippen LogP contribution is 2.30. The average molecular weight is 275 g/mol. The number of aryl methyl sites for hydroxylation is 1. The van der Waals surface area contributed by atoms with Gasteiger partial charge in [-0.25, -0.2) is 0 Å². The Morgan fingerprint density at radius 2 is 2.20 bits per heavy atom. The van der Waals surface area contributed by atoms with Crippen molar-refractivity contribution < 1.29 is 13.6 Å². The molecule has 1 aliphatic rings. The molecular weight excluding hydrogens is 258 g/mol. The van der Waals surface area contributed by atoms with Crippen LogP contribution >= 0.6 is 0 Å². The average Bonchev–Trinajstić information content (AvgIpc) is 3.13. The Labute approximate surface area is 116 Å². The van der Waals surface area contributed by atoms with Crippen molar-refractivity contribution in [2.24, 2.45) is 0 Å². The van der Waals surface area contributed by atoms with E-state index in [9.17, 15) is 4.79 Å². The summed E-state index contributed by atoms with van der Waals surface area (Å²) in [6.07, 6.45) is 2.26. The lowest BCUT2D eigenvalue weighted by atomic mass is 10.2. The molecule has 2 aromatic rings. The summed E-state index contributed by atoms with van der Waals surface area (Å²) in [5.41, 5.74) is 0. The Balaban J connectivity index is 1.86.